The van der Waals surface area contributed by atoms with E-state index in [4.69, 9.17) is 0 Å². The second kappa shape index (κ2) is 5.82. The van der Waals surface area contributed by atoms with Gasteiger partial charge in [-0.15, -0.1) is 0 Å². The Bertz CT molecular complexity index is 674. The number of hydrogen-bond acceptors (Lipinski definition) is 3. The molecule has 1 N–H and O–H groups in total. The second-order valence-electron chi connectivity index (χ2n) is 4.83. The maximum Gasteiger partial charge on any atom is 0.435 e. The molecule has 0 fully saturated rings. The lowest BCUT2D eigenvalue weighted by molar-refractivity contribution is -0.141. The van der Waals surface area contributed by atoms with Crippen LogP contribution in [0.25, 0.3) is 0 Å². The minimum absolute atomic E-state index is 0.158. The largest absolute Gasteiger partial charge is 0.435 e. The molecule has 0 saturated carbocycles. The number of hydrogen-bond donors (Lipinski definition) is 1. The van der Waals surface area contributed by atoms with Crippen molar-refractivity contribution in [2.24, 2.45) is 7.05 Å². The van der Waals surface area contributed by atoms with Gasteiger partial charge in [-0.3, -0.25) is 14.2 Å². The molecule has 9 heteroatoms. The zero-order valence-electron chi connectivity index (χ0n) is 12.3. The lowest BCUT2D eigenvalue weighted by Crippen LogP contribution is -2.28. The van der Waals surface area contributed by atoms with Crippen molar-refractivity contribution >= 4 is 5.91 Å². The van der Waals surface area contributed by atoms with Crippen LogP contribution in [0, 0.1) is 0 Å². The Labute approximate surface area is 124 Å². The fourth-order valence-corrected chi connectivity index (χ4v) is 1.95. The molecule has 2 rings (SSSR count). The van der Waals surface area contributed by atoms with Gasteiger partial charge in [0.1, 0.15) is 5.69 Å². The summed E-state index contributed by atoms with van der Waals surface area (Å²) in [5.41, 5.74) is -0.620. The van der Waals surface area contributed by atoms with Crippen LogP contribution >= 0.6 is 0 Å². The summed E-state index contributed by atoms with van der Waals surface area (Å²) in [6.07, 6.45) is -2.81. The average molecular weight is 315 g/mol. The second-order valence-corrected chi connectivity index (χ2v) is 4.83. The molecule has 0 saturated heterocycles. The maximum absolute atomic E-state index is 12.6. The van der Waals surface area contributed by atoms with Gasteiger partial charge < -0.3 is 5.32 Å². The summed E-state index contributed by atoms with van der Waals surface area (Å²) < 4.78 is 40.4. The van der Waals surface area contributed by atoms with Crippen LogP contribution in [0.15, 0.2) is 18.3 Å². The van der Waals surface area contributed by atoms with Gasteiger partial charge in [0.25, 0.3) is 5.91 Å². The van der Waals surface area contributed by atoms with Crippen LogP contribution in [0.1, 0.15) is 41.8 Å². The minimum Gasteiger partial charge on any atom is -0.343 e. The quantitative estimate of drug-likeness (QED) is 0.940. The molecule has 2 heterocycles. The lowest BCUT2D eigenvalue weighted by atomic mass is 10.2. The predicted molar refractivity (Wildman–Crippen MR) is 72.0 cm³/mol. The average Bonchev–Trinajstić information content (AvgIpc) is 3.03. The molecular weight excluding hydrogens is 299 g/mol. The highest BCUT2D eigenvalue weighted by Crippen LogP contribution is 2.28. The first-order valence-corrected chi connectivity index (χ1v) is 6.67. The van der Waals surface area contributed by atoms with Crippen molar-refractivity contribution in [3.8, 4) is 0 Å². The van der Waals surface area contributed by atoms with E-state index in [1.807, 2.05) is 6.92 Å². The number of carbonyl (C=O) groups excluding carboxylic acids is 1. The first-order valence-electron chi connectivity index (χ1n) is 6.67. The van der Waals surface area contributed by atoms with Crippen molar-refractivity contribution in [1.29, 1.82) is 0 Å². The van der Waals surface area contributed by atoms with Crippen molar-refractivity contribution in [3.63, 3.8) is 0 Å². The van der Waals surface area contributed by atoms with Gasteiger partial charge in [0, 0.05) is 25.9 Å². The number of alkyl halides is 3. The van der Waals surface area contributed by atoms with Crippen molar-refractivity contribution in [2.75, 3.05) is 0 Å². The molecule has 0 radical (unpaired) electrons. The van der Waals surface area contributed by atoms with E-state index in [9.17, 15) is 18.0 Å². The Balaban J connectivity index is 2.13. The molecule has 2 aromatic heterocycles. The number of nitrogens with zero attached hydrogens (tertiary/aromatic N) is 4. The Morgan fingerprint density at radius 3 is 2.59 bits per heavy atom. The van der Waals surface area contributed by atoms with Crippen LogP contribution in [-0.4, -0.2) is 25.5 Å². The number of halogens is 3. The fraction of sp³-hybridized carbons (Fsp3) is 0.462. The molecule has 1 atom stereocenters. The molecule has 0 aliphatic heterocycles. The Morgan fingerprint density at radius 1 is 1.41 bits per heavy atom. The van der Waals surface area contributed by atoms with E-state index in [0.29, 0.717) is 12.2 Å². The third-order valence-corrected chi connectivity index (χ3v) is 3.18. The number of rotatable bonds is 4. The number of aryl methyl sites for hydroxylation is 2. The van der Waals surface area contributed by atoms with Gasteiger partial charge in [-0.05, 0) is 19.9 Å². The van der Waals surface area contributed by atoms with E-state index in [0.717, 1.165) is 10.7 Å². The molecule has 22 heavy (non-hydrogen) atoms. The molecule has 1 unspecified atom stereocenters. The van der Waals surface area contributed by atoms with Crippen LogP contribution in [0.3, 0.4) is 0 Å². The van der Waals surface area contributed by atoms with Crippen LogP contribution in [0.5, 0.6) is 0 Å². The molecule has 0 spiro atoms. The van der Waals surface area contributed by atoms with Gasteiger partial charge in [-0.1, -0.05) is 0 Å². The molecule has 0 aliphatic rings. The summed E-state index contributed by atoms with van der Waals surface area (Å²) in [5.74, 6) is -0.635. The van der Waals surface area contributed by atoms with Gasteiger partial charge in [-0.25, -0.2) is 0 Å². The molecule has 0 aromatic carbocycles. The van der Waals surface area contributed by atoms with Gasteiger partial charge in [0.05, 0.1) is 11.7 Å². The molecule has 1 amide bonds. The van der Waals surface area contributed by atoms with E-state index in [2.05, 4.69) is 15.5 Å². The smallest absolute Gasteiger partial charge is 0.343 e. The number of carbonyl (C=O) groups is 1. The molecule has 0 aliphatic carbocycles. The molecule has 6 nitrogen and oxygen atoms in total. The topological polar surface area (TPSA) is 64.7 Å². The minimum atomic E-state index is -4.58. The van der Waals surface area contributed by atoms with Crippen LogP contribution in [0.2, 0.25) is 0 Å². The third kappa shape index (κ3) is 3.29. The normalized spacial score (nSPS) is 13.2. The van der Waals surface area contributed by atoms with Crippen molar-refractivity contribution < 1.29 is 18.0 Å². The van der Waals surface area contributed by atoms with Gasteiger partial charge in [0.15, 0.2) is 5.69 Å². The van der Waals surface area contributed by atoms with Gasteiger partial charge in [0.2, 0.25) is 0 Å². The van der Waals surface area contributed by atoms with E-state index in [-0.39, 0.29) is 5.69 Å². The Hall–Kier alpha value is -2.32. The highest BCUT2D eigenvalue weighted by Gasteiger charge is 2.35. The van der Waals surface area contributed by atoms with E-state index in [1.54, 1.807) is 23.9 Å². The Morgan fingerprint density at radius 2 is 2.09 bits per heavy atom. The van der Waals surface area contributed by atoms with Crippen molar-refractivity contribution in [1.82, 2.24) is 24.9 Å². The third-order valence-electron chi connectivity index (χ3n) is 3.18. The summed E-state index contributed by atoms with van der Waals surface area (Å²) in [6.45, 7) is 4.33. The molecule has 0 bridgehead atoms. The first kappa shape index (κ1) is 16.1. The van der Waals surface area contributed by atoms with Crippen LogP contribution in [-0.2, 0) is 19.8 Å². The number of amides is 1. The number of nitrogens with one attached hydrogen (secondary N) is 1. The summed E-state index contributed by atoms with van der Waals surface area (Å²) in [5, 5.41) is 10.2. The predicted octanol–water partition coefficient (Wildman–Crippen LogP) is 2.15. The number of aromatic nitrogens is 4. The molecule has 120 valence electrons. The van der Waals surface area contributed by atoms with E-state index >= 15 is 0 Å². The van der Waals surface area contributed by atoms with Crippen molar-refractivity contribution in [2.45, 2.75) is 32.6 Å². The zero-order chi connectivity index (χ0) is 16.5. The summed E-state index contributed by atoms with van der Waals surface area (Å²) in [7, 11) is 1.29. The SMILES string of the molecule is CCn1ccc(C(C)NC(=O)c2cc(C(F)(F)F)nn2C)n1. The van der Waals surface area contributed by atoms with Crippen LogP contribution < -0.4 is 5.32 Å². The van der Waals surface area contributed by atoms with Gasteiger partial charge >= 0.3 is 6.18 Å². The maximum atomic E-state index is 12.6. The highest BCUT2D eigenvalue weighted by atomic mass is 19.4. The summed E-state index contributed by atoms with van der Waals surface area (Å²) in [4.78, 5) is 12.1. The van der Waals surface area contributed by atoms with Crippen LogP contribution in [0.4, 0.5) is 13.2 Å². The highest BCUT2D eigenvalue weighted by molar-refractivity contribution is 5.92. The zero-order valence-corrected chi connectivity index (χ0v) is 12.3. The summed E-state index contributed by atoms with van der Waals surface area (Å²) >= 11 is 0. The first-order chi connectivity index (χ1) is 10.2. The Kier molecular flexibility index (Phi) is 4.25. The van der Waals surface area contributed by atoms with E-state index in [1.165, 1.54) is 7.05 Å². The van der Waals surface area contributed by atoms with Crippen molar-refractivity contribution in [3.05, 3.63) is 35.4 Å². The summed E-state index contributed by atoms with van der Waals surface area (Å²) in [6, 6.07) is 2.05. The molecule has 2 aromatic rings. The monoisotopic (exact) mass is 315 g/mol. The van der Waals surface area contributed by atoms with Gasteiger partial charge in [-0.2, -0.15) is 23.4 Å². The molecular formula is C13H16F3N5O. The standard InChI is InChI=1S/C13H16F3N5O/c1-4-21-6-5-9(18-21)8(2)17-12(22)10-7-11(13(14,15)16)19-20(10)3/h5-8H,4H2,1-3H3,(H,17,22). The van der Waals surface area contributed by atoms with E-state index < -0.39 is 23.8 Å². The lowest BCUT2D eigenvalue weighted by Gasteiger charge is -2.11. The fourth-order valence-electron chi connectivity index (χ4n) is 1.95.